The van der Waals surface area contributed by atoms with E-state index < -0.39 is 23.0 Å². The van der Waals surface area contributed by atoms with E-state index in [0.29, 0.717) is 25.5 Å². The molecular formula is C19H18F3NO2. The second-order valence-corrected chi connectivity index (χ2v) is 6.60. The first-order valence-corrected chi connectivity index (χ1v) is 8.01. The topological polar surface area (TPSA) is 40.5 Å². The molecule has 1 aliphatic rings. The first-order chi connectivity index (χ1) is 11.9. The Morgan fingerprint density at radius 2 is 1.68 bits per heavy atom. The summed E-state index contributed by atoms with van der Waals surface area (Å²) in [4.78, 5) is 14.0. The Morgan fingerprint density at radius 1 is 1.04 bits per heavy atom. The van der Waals surface area contributed by atoms with E-state index in [-0.39, 0.29) is 24.5 Å². The lowest BCUT2D eigenvalue weighted by Crippen LogP contribution is -2.35. The Labute approximate surface area is 143 Å². The molecule has 25 heavy (non-hydrogen) atoms. The monoisotopic (exact) mass is 349 g/mol. The Kier molecular flexibility index (Phi) is 4.81. The highest BCUT2D eigenvalue weighted by molar-refractivity contribution is 5.94. The van der Waals surface area contributed by atoms with E-state index >= 15 is 0 Å². The van der Waals surface area contributed by atoms with E-state index in [1.807, 2.05) is 0 Å². The van der Waals surface area contributed by atoms with Crippen molar-refractivity contribution in [3.8, 4) is 0 Å². The third-order valence-corrected chi connectivity index (χ3v) is 4.66. The predicted molar refractivity (Wildman–Crippen MR) is 86.5 cm³/mol. The zero-order chi connectivity index (χ0) is 18.0. The van der Waals surface area contributed by atoms with Gasteiger partial charge in [0.05, 0.1) is 6.61 Å². The van der Waals surface area contributed by atoms with Crippen LogP contribution in [0.5, 0.6) is 0 Å². The molecule has 0 spiro atoms. The zero-order valence-corrected chi connectivity index (χ0v) is 13.5. The smallest absolute Gasteiger partial charge is 0.254 e. The number of carbonyl (C=O) groups excluding carboxylic acids is 1. The number of aliphatic hydroxyl groups excluding tert-OH is 1. The van der Waals surface area contributed by atoms with Crippen LogP contribution in [0.15, 0.2) is 42.5 Å². The van der Waals surface area contributed by atoms with Gasteiger partial charge >= 0.3 is 0 Å². The van der Waals surface area contributed by atoms with Crippen molar-refractivity contribution in [2.24, 2.45) is 5.41 Å². The maximum absolute atomic E-state index is 13.3. The van der Waals surface area contributed by atoms with Crippen molar-refractivity contribution in [1.82, 2.24) is 4.90 Å². The van der Waals surface area contributed by atoms with Gasteiger partial charge in [-0.1, -0.05) is 12.1 Å². The number of benzene rings is 2. The van der Waals surface area contributed by atoms with Gasteiger partial charge < -0.3 is 10.0 Å². The fourth-order valence-corrected chi connectivity index (χ4v) is 3.33. The standard InChI is InChI=1S/C19H18F3NO2/c20-15-3-1-13(2-4-15)10-19(12-24)5-6-23(11-19)18(25)14-7-16(21)9-17(22)8-14/h1-4,7-9,24H,5-6,10-12H2. The Hall–Kier alpha value is -2.34. The molecule has 0 aromatic heterocycles. The van der Waals surface area contributed by atoms with Gasteiger partial charge in [-0.05, 0) is 42.7 Å². The highest BCUT2D eigenvalue weighted by Gasteiger charge is 2.40. The third kappa shape index (κ3) is 3.85. The molecule has 3 rings (SSSR count). The first-order valence-electron chi connectivity index (χ1n) is 8.01. The molecule has 1 N–H and O–H groups in total. The summed E-state index contributed by atoms with van der Waals surface area (Å²) < 4.78 is 39.7. The number of carbonyl (C=O) groups is 1. The SMILES string of the molecule is O=C(c1cc(F)cc(F)c1)N1CCC(CO)(Cc2ccc(F)cc2)C1. The summed E-state index contributed by atoms with van der Waals surface area (Å²) in [5.41, 5.74) is 0.272. The summed E-state index contributed by atoms with van der Waals surface area (Å²) in [6.07, 6.45) is 1.05. The second-order valence-electron chi connectivity index (χ2n) is 6.60. The van der Waals surface area contributed by atoms with Crippen LogP contribution < -0.4 is 0 Å². The molecule has 1 atom stereocenters. The van der Waals surface area contributed by atoms with Crippen LogP contribution in [-0.2, 0) is 6.42 Å². The number of aliphatic hydroxyl groups is 1. The van der Waals surface area contributed by atoms with Crippen LogP contribution in [0, 0.1) is 22.9 Å². The van der Waals surface area contributed by atoms with Crippen LogP contribution in [0.25, 0.3) is 0 Å². The maximum Gasteiger partial charge on any atom is 0.254 e. The van der Waals surface area contributed by atoms with Gasteiger partial charge in [0.15, 0.2) is 0 Å². The maximum atomic E-state index is 13.3. The van der Waals surface area contributed by atoms with Crippen molar-refractivity contribution in [1.29, 1.82) is 0 Å². The van der Waals surface area contributed by atoms with Crippen LogP contribution in [0.2, 0.25) is 0 Å². The van der Waals surface area contributed by atoms with E-state index in [4.69, 9.17) is 0 Å². The van der Waals surface area contributed by atoms with Crippen molar-refractivity contribution < 1.29 is 23.1 Å². The van der Waals surface area contributed by atoms with E-state index in [1.165, 1.54) is 17.0 Å². The molecular weight excluding hydrogens is 331 g/mol. The molecule has 132 valence electrons. The molecule has 0 aliphatic carbocycles. The van der Waals surface area contributed by atoms with Crippen LogP contribution in [-0.4, -0.2) is 35.6 Å². The molecule has 1 saturated heterocycles. The number of nitrogens with zero attached hydrogens (tertiary/aromatic N) is 1. The zero-order valence-electron chi connectivity index (χ0n) is 13.5. The quantitative estimate of drug-likeness (QED) is 0.921. The Morgan fingerprint density at radius 3 is 2.28 bits per heavy atom. The lowest BCUT2D eigenvalue weighted by atomic mass is 9.81. The van der Waals surface area contributed by atoms with E-state index in [1.54, 1.807) is 12.1 Å². The van der Waals surface area contributed by atoms with Gasteiger partial charge in [-0.2, -0.15) is 0 Å². The van der Waals surface area contributed by atoms with E-state index in [9.17, 15) is 23.1 Å². The van der Waals surface area contributed by atoms with Crippen molar-refractivity contribution in [2.75, 3.05) is 19.7 Å². The van der Waals surface area contributed by atoms with Gasteiger partial charge in [-0.15, -0.1) is 0 Å². The fraction of sp³-hybridized carbons (Fsp3) is 0.316. The summed E-state index contributed by atoms with van der Waals surface area (Å²) >= 11 is 0. The molecule has 1 heterocycles. The predicted octanol–water partition coefficient (Wildman–Crippen LogP) is 3.17. The molecule has 2 aromatic rings. The number of hydrogen-bond acceptors (Lipinski definition) is 2. The van der Waals surface area contributed by atoms with Gasteiger partial charge in [-0.3, -0.25) is 4.79 Å². The first kappa shape index (κ1) is 17.5. The molecule has 2 aromatic carbocycles. The van der Waals surface area contributed by atoms with Crippen molar-refractivity contribution >= 4 is 5.91 Å². The molecule has 1 amide bonds. The molecule has 3 nitrogen and oxygen atoms in total. The largest absolute Gasteiger partial charge is 0.396 e. The summed E-state index contributed by atoms with van der Waals surface area (Å²) in [5, 5.41) is 9.86. The van der Waals surface area contributed by atoms with Crippen molar-refractivity contribution in [3.05, 3.63) is 71.0 Å². The lowest BCUT2D eigenvalue weighted by molar-refractivity contribution is 0.0738. The Balaban J connectivity index is 1.76. The number of rotatable bonds is 4. The molecule has 0 saturated carbocycles. The Bertz CT molecular complexity index is 758. The van der Waals surface area contributed by atoms with Gasteiger partial charge in [0.2, 0.25) is 0 Å². The number of amides is 1. The van der Waals surface area contributed by atoms with Crippen LogP contribution >= 0.6 is 0 Å². The molecule has 1 aliphatic heterocycles. The fourth-order valence-electron chi connectivity index (χ4n) is 3.33. The lowest BCUT2D eigenvalue weighted by Gasteiger charge is -2.27. The van der Waals surface area contributed by atoms with E-state index in [2.05, 4.69) is 0 Å². The molecule has 0 bridgehead atoms. The minimum Gasteiger partial charge on any atom is -0.396 e. The molecule has 1 fully saturated rings. The van der Waals surface area contributed by atoms with Crippen LogP contribution in [0.4, 0.5) is 13.2 Å². The van der Waals surface area contributed by atoms with E-state index in [0.717, 1.165) is 17.7 Å². The summed E-state index contributed by atoms with van der Waals surface area (Å²) in [6.45, 7) is 0.530. The van der Waals surface area contributed by atoms with Gasteiger partial charge in [0.25, 0.3) is 5.91 Å². The number of halogens is 3. The van der Waals surface area contributed by atoms with Gasteiger partial charge in [0, 0.05) is 30.1 Å². The number of hydrogen-bond donors (Lipinski definition) is 1. The highest BCUT2D eigenvalue weighted by Crippen LogP contribution is 2.34. The summed E-state index contributed by atoms with van der Waals surface area (Å²) in [5.74, 6) is -2.41. The number of likely N-dealkylation sites (tertiary alicyclic amines) is 1. The van der Waals surface area contributed by atoms with Crippen molar-refractivity contribution in [3.63, 3.8) is 0 Å². The minimum absolute atomic E-state index is 0.0481. The summed E-state index contributed by atoms with van der Waals surface area (Å²) in [6, 6.07) is 8.74. The molecule has 6 heteroatoms. The average molecular weight is 349 g/mol. The van der Waals surface area contributed by atoms with Gasteiger partial charge in [-0.25, -0.2) is 13.2 Å². The normalized spacial score (nSPS) is 20.1. The summed E-state index contributed by atoms with van der Waals surface area (Å²) in [7, 11) is 0. The highest BCUT2D eigenvalue weighted by atomic mass is 19.1. The van der Waals surface area contributed by atoms with Gasteiger partial charge in [0.1, 0.15) is 17.5 Å². The molecule has 0 radical (unpaired) electrons. The molecule has 1 unspecified atom stereocenters. The average Bonchev–Trinajstić information content (AvgIpc) is 3.00. The second kappa shape index (κ2) is 6.88. The van der Waals surface area contributed by atoms with Crippen LogP contribution in [0.3, 0.4) is 0 Å². The third-order valence-electron chi connectivity index (χ3n) is 4.66. The minimum atomic E-state index is -0.803. The van der Waals surface area contributed by atoms with Crippen molar-refractivity contribution in [2.45, 2.75) is 12.8 Å². The van der Waals surface area contributed by atoms with Crippen LogP contribution in [0.1, 0.15) is 22.3 Å².